The van der Waals surface area contributed by atoms with Crippen LogP contribution in [0.5, 0.6) is 0 Å². The van der Waals surface area contributed by atoms with Gasteiger partial charge in [0.2, 0.25) is 0 Å². The van der Waals surface area contributed by atoms with Crippen LogP contribution in [0.4, 0.5) is 5.69 Å². The van der Waals surface area contributed by atoms with Crippen LogP contribution in [0.3, 0.4) is 0 Å². The first kappa shape index (κ1) is 15.3. The number of nitrogens with zero attached hydrogens (tertiary/aromatic N) is 1. The van der Waals surface area contributed by atoms with Gasteiger partial charge in [-0.3, -0.25) is 4.79 Å². The molecule has 1 aliphatic rings. The molecule has 1 unspecified atom stereocenters. The SMILES string of the molecule is CN1CCc2cc(C(O)CNC(=O)c3ccc(Cl)s3)ccc21. The molecule has 2 aromatic rings. The first-order valence-corrected chi connectivity index (χ1v) is 8.29. The topological polar surface area (TPSA) is 52.6 Å². The number of aliphatic hydroxyl groups is 1. The average molecular weight is 337 g/mol. The van der Waals surface area contributed by atoms with E-state index in [1.54, 1.807) is 12.1 Å². The minimum absolute atomic E-state index is 0.184. The Morgan fingerprint density at radius 1 is 1.45 bits per heavy atom. The molecule has 3 rings (SSSR count). The first-order chi connectivity index (χ1) is 10.5. The Labute approximate surface area is 138 Å². The van der Waals surface area contributed by atoms with Crippen molar-refractivity contribution in [2.75, 3.05) is 25.0 Å². The quantitative estimate of drug-likeness (QED) is 0.902. The normalized spacial score (nSPS) is 14.8. The second-order valence-electron chi connectivity index (χ2n) is 5.39. The van der Waals surface area contributed by atoms with Gasteiger partial charge >= 0.3 is 0 Å². The Bertz CT molecular complexity index is 701. The second-order valence-corrected chi connectivity index (χ2v) is 7.10. The number of fused-ring (bicyclic) bond motifs is 1. The zero-order valence-electron chi connectivity index (χ0n) is 12.2. The summed E-state index contributed by atoms with van der Waals surface area (Å²) in [4.78, 5) is 14.7. The number of carbonyl (C=O) groups excluding carboxylic acids is 1. The number of nitrogens with one attached hydrogen (secondary N) is 1. The molecular formula is C16H17ClN2O2S. The van der Waals surface area contributed by atoms with Crippen LogP contribution in [0, 0.1) is 0 Å². The number of aliphatic hydroxyl groups excluding tert-OH is 1. The summed E-state index contributed by atoms with van der Waals surface area (Å²) in [5.41, 5.74) is 3.29. The standard InChI is InChI=1S/C16H17ClN2O2S/c1-19-7-6-10-8-11(2-3-12(10)19)13(20)9-18-16(21)14-4-5-15(17)22-14/h2-5,8,13,20H,6-7,9H2,1H3,(H,18,21). The zero-order chi connectivity index (χ0) is 15.7. The molecule has 22 heavy (non-hydrogen) atoms. The molecule has 1 atom stereocenters. The first-order valence-electron chi connectivity index (χ1n) is 7.10. The molecule has 0 saturated carbocycles. The highest BCUT2D eigenvalue weighted by Gasteiger charge is 2.18. The summed E-state index contributed by atoms with van der Waals surface area (Å²) >= 11 is 7.04. The molecule has 0 fully saturated rings. The van der Waals surface area contributed by atoms with Crippen LogP contribution in [0.1, 0.15) is 26.9 Å². The van der Waals surface area contributed by atoms with E-state index in [9.17, 15) is 9.90 Å². The van der Waals surface area contributed by atoms with E-state index in [0.29, 0.717) is 9.21 Å². The minimum Gasteiger partial charge on any atom is -0.387 e. The van der Waals surface area contributed by atoms with Crippen LogP contribution < -0.4 is 10.2 Å². The number of thiophene rings is 1. The summed E-state index contributed by atoms with van der Waals surface area (Å²) in [5, 5.41) is 13.0. The number of amides is 1. The number of carbonyl (C=O) groups is 1. The van der Waals surface area contributed by atoms with Crippen molar-refractivity contribution in [1.82, 2.24) is 5.32 Å². The van der Waals surface area contributed by atoms with Crippen molar-refractivity contribution in [2.24, 2.45) is 0 Å². The van der Waals surface area contributed by atoms with Crippen molar-refractivity contribution in [1.29, 1.82) is 0 Å². The van der Waals surface area contributed by atoms with Gasteiger partial charge in [-0.2, -0.15) is 0 Å². The number of likely N-dealkylation sites (N-methyl/N-ethyl adjacent to an activating group) is 1. The lowest BCUT2D eigenvalue weighted by molar-refractivity contribution is 0.0920. The molecule has 0 bridgehead atoms. The lowest BCUT2D eigenvalue weighted by Crippen LogP contribution is -2.27. The summed E-state index contributed by atoms with van der Waals surface area (Å²) in [6.45, 7) is 1.19. The van der Waals surface area contributed by atoms with Gasteiger partial charge < -0.3 is 15.3 Å². The molecule has 0 saturated heterocycles. The van der Waals surface area contributed by atoms with Crippen LogP contribution in [-0.2, 0) is 6.42 Å². The number of benzene rings is 1. The van der Waals surface area contributed by atoms with E-state index in [4.69, 9.17) is 11.6 Å². The van der Waals surface area contributed by atoms with Gasteiger partial charge in [0.25, 0.3) is 5.91 Å². The maximum Gasteiger partial charge on any atom is 0.261 e. The average Bonchev–Trinajstić information content (AvgIpc) is 3.11. The van der Waals surface area contributed by atoms with E-state index in [0.717, 1.165) is 18.5 Å². The van der Waals surface area contributed by atoms with Crippen molar-refractivity contribution in [3.63, 3.8) is 0 Å². The molecule has 0 radical (unpaired) electrons. The summed E-state index contributed by atoms with van der Waals surface area (Å²) in [5.74, 6) is -0.211. The zero-order valence-corrected chi connectivity index (χ0v) is 13.7. The molecule has 2 heterocycles. The fourth-order valence-corrected chi connectivity index (χ4v) is 3.58. The molecule has 1 aromatic heterocycles. The van der Waals surface area contributed by atoms with Gasteiger partial charge in [-0.25, -0.2) is 0 Å². The van der Waals surface area contributed by atoms with Crippen molar-refractivity contribution in [3.05, 3.63) is 50.7 Å². The maximum absolute atomic E-state index is 11.9. The van der Waals surface area contributed by atoms with Crippen LogP contribution in [0.15, 0.2) is 30.3 Å². The number of halogens is 1. The monoisotopic (exact) mass is 336 g/mol. The van der Waals surface area contributed by atoms with Gasteiger partial charge in [-0.1, -0.05) is 23.7 Å². The van der Waals surface area contributed by atoms with E-state index >= 15 is 0 Å². The van der Waals surface area contributed by atoms with Crippen molar-refractivity contribution in [3.8, 4) is 0 Å². The Kier molecular flexibility index (Phi) is 4.38. The third-order valence-electron chi connectivity index (χ3n) is 3.87. The highest BCUT2D eigenvalue weighted by molar-refractivity contribution is 7.17. The summed E-state index contributed by atoms with van der Waals surface area (Å²) in [6.07, 6.45) is 0.280. The van der Waals surface area contributed by atoms with Crippen molar-refractivity contribution >= 4 is 34.5 Å². The van der Waals surface area contributed by atoms with E-state index in [1.807, 2.05) is 18.2 Å². The fourth-order valence-electron chi connectivity index (χ4n) is 2.62. The molecule has 1 amide bonds. The Hall–Kier alpha value is -1.56. The van der Waals surface area contributed by atoms with Gasteiger partial charge in [0, 0.05) is 25.8 Å². The highest BCUT2D eigenvalue weighted by atomic mass is 35.5. The van der Waals surface area contributed by atoms with Crippen LogP contribution in [0.25, 0.3) is 0 Å². The Morgan fingerprint density at radius 3 is 3.00 bits per heavy atom. The largest absolute Gasteiger partial charge is 0.387 e. The second kappa shape index (κ2) is 6.28. The van der Waals surface area contributed by atoms with E-state index in [2.05, 4.69) is 17.3 Å². The van der Waals surface area contributed by atoms with Crippen LogP contribution >= 0.6 is 22.9 Å². The highest BCUT2D eigenvalue weighted by Crippen LogP contribution is 2.29. The fraction of sp³-hybridized carbons (Fsp3) is 0.312. The minimum atomic E-state index is -0.712. The molecule has 0 spiro atoms. The smallest absolute Gasteiger partial charge is 0.261 e. The lowest BCUT2D eigenvalue weighted by Gasteiger charge is -2.15. The van der Waals surface area contributed by atoms with Crippen molar-refractivity contribution in [2.45, 2.75) is 12.5 Å². The number of hydrogen-bond donors (Lipinski definition) is 2. The number of anilines is 1. The van der Waals surface area contributed by atoms with Crippen LogP contribution in [-0.4, -0.2) is 31.2 Å². The van der Waals surface area contributed by atoms with Gasteiger partial charge in [-0.05, 0) is 35.7 Å². The lowest BCUT2D eigenvalue weighted by atomic mass is 10.0. The van der Waals surface area contributed by atoms with Gasteiger partial charge in [0.1, 0.15) is 0 Å². The molecule has 4 nitrogen and oxygen atoms in total. The molecular weight excluding hydrogens is 320 g/mol. The third-order valence-corrected chi connectivity index (χ3v) is 5.10. The summed E-state index contributed by atoms with van der Waals surface area (Å²) in [7, 11) is 2.06. The predicted molar refractivity (Wildman–Crippen MR) is 90.0 cm³/mol. The van der Waals surface area contributed by atoms with E-state index in [-0.39, 0.29) is 12.5 Å². The molecule has 116 valence electrons. The third kappa shape index (κ3) is 3.11. The summed E-state index contributed by atoms with van der Waals surface area (Å²) < 4.78 is 0.577. The van der Waals surface area contributed by atoms with E-state index < -0.39 is 6.10 Å². The van der Waals surface area contributed by atoms with Gasteiger partial charge in [0.05, 0.1) is 15.3 Å². The molecule has 1 aliphatic heterocycles. The van der Waals surface area contributed by atoms with Gasteiger partial charge in [-0.15, -0.1) is 11.3 Å². The maximum atomic E-state index is 11.9. The predicted octanol–water partition coefficient (Wildman–Crippen LogP) is 2.86. The molecule has 6 heteroatoms. The molecule has 2 N–H and O–H groups in total. The molecule has 1 aromatic carbocycles. The van der Waals surface area contributed by atoms with Gasteiger partial charge in [0.15, 0.2) is 0 Å². The van der Waals surface area contributed by atoms with Crippen molar-refractivity contribution < 1.29 is 9.90 Å². The number of rotatable bonds is 4. The molecule has 0 aliphatic carbocycles. The number of hydrogen-bond acceptors (Lipinski definition) is 4. The van der Waals surface area contributed by atoms with Crippen LogP contribution in [0.2, 0.25) is 4.34 Å². The summed E-state index contributed by atoms with van der Waals surface area (Å²) in [6, 6.07) is 9.34. The van der Waals surface area contributed by atoms with E-state index in [1.165, 1.54) is 22.6 Å². The Morgan fingerprint density at radius 2 is 2.27 bits per heavy atom. The Balaban J connectivity index is 1.63.